The van der Waals surface area contributed by atoms with Gasteiger partial charge in [0, 0.05) is 0 Å². The van der Waals surface area contributed by atoms with Crippen molar-refractivity contribution in [2.24, 2.45) is 0 Å². The van der Waals surface area contributed by atoms with Crippen LogP contribution in [0.5, 0.6) is 0 Å². The molecule has 0 aliphatic carbocycles. The van der Waals surface area contributed by atoms with Crippen LogP contribution in [0.15, 0.2) is 30.3 Å². The van der Waals surface area contributed by atoms with Crippen molar-refractivity contribution in [1.29, 1.82) is 0 Å². The second-order valence-electron chi connectivity index (χ2n) is 5.52. The minimum atomic E-state index is -6.23. The fourth-order valence-electron chi connectivity index (χ4n) is 1.68. The molecule has 30 heavy (non-hydrogen) atoms. The molecule has 0 aliphatic heterocycles. The first-order valence-electron chi connectivity index (χ1n) is 7.45. The summed E-state index contributed by atoms with van der Waals surface area (Å²) < 4.78 is 165. The van der Waals surface area contributed by atoms with E-state index in [9.17, 15) is 52.7 Å². The van der Waals surface area contributed by atoms with Gasteiger partial charge in [-0.15, -0.1) is 0 Å². The number of hydrogen-bond donors (Lipinski definition) is 0. The summed E-state index contributed by atoms with van der Waals surface area (Å²) in [5.41, 5.74) is -0.820. The molecule has 0 aliphatic rings. The van der Waals surface area contributed by atoms with Gasteiger partial charge in [0.2, 0.25) is 0 Å². The molecule has 0 N–H and O–H groups in total. The number of rotatable bonds is 7. The van der Waals surface area contributed by atoms with E-state index in [1.54, 1.807) is 0 Å². The molecule has 174 valence electrons. The lowest BCUT2D eigenvalue weighted by Crippen LogP contribution is -2.44. The Hall–Kier alpha value is -1.31. The third kappa shape index (κ3) is 8.08. The SMILES string of the molecule is CC(OP(OC(c1ccccc1)C(F)(F)F)OC(C(F)(F)F)C(F)(F)F)C(F)(F)F. The summed E-state index contributed by atoms with van der Waals surface area (Å²) in [5.74, 6) is 0. The van der Waals surface area contributed by atoms with Gasteiger partial charge < -0.3 is 0 Å². The molecule has 1 aromatic carbocycles. The molecule has 3 nitrogen and oxygen atoms in total. The maximum Gasteiger partial charge on any atom is 0.424 e. The van der Waals surface area contributed by atoms with Crippen LogP contribution >= 0.6 is 8.60 Å². The zero-order valence-corrected chi connectivity index (χ0v) is 15.2. The van der Waals surface area contributed by atoms with Crippen LogP contribution in [0.4, 0.5) is 52.7 Å². The second-order valence-corrected chi connectivity index (χ2v) is 6.60. The fourth-order valence-corrected chi connectivity index (χ4v) is 3.03. The molecular formula is C14H11F12O3P. The lowest BCUT2D eigenvalue weighted by atomic mass is 10.1. The average Bonchev–Trinajstić information content (AvgIpc) is 2.53. The predicted molar refractivity (Wildman–Crippen MR) is 76.8 cm³/mol. The van der Waals surface area contributed by atoms with Gasteiger partial charge in [0.15, 0.2) is 12.2 Å². The highest BCUT2D eigenvalue weighted by molar-refractivity contribution is 7.41. The summed E-state index contributed by atoms with van der Waals surface area (Å²) in [4.78, 5) is 0. The normalized spacial score (nSPS) is 17.1. The van der Waals surface area contributed by atoms with Crippen LogP contribution in [-0.4, -0.2) is 36.9 Å². The summed E-state index contributed by atoms with van der Waals surface area (Å²) in [7, 11) is -4.44. The van der Waals surface area contributed by atoms with Gasteiger partial charge in [0.05, 0.1) is 0 Å². The van der Waals surface area contributed by atoms with Crippen molar-refractivity contribution in [3.05, 3.63) is 35.9 Å². The Bertz CT molecular complexity index is 641. The first kappa shape index (κ1) is 26.7. The lowest BCUT2D eigenvalue weighted by Gasteiger charge is -2.31. The standard InChI is InChI=1S/C14H11F12O3P/c1-7(11(15,16)17)27-30(29-10(13(21,22)23)14(24,25)26)28-9(12(18,19)20)8-5-3-2-4-6-8/h2-7,9-10H,1H3. The molecule has 3 atom stereocenters. The summed E-state index contributed by atoms with van der Waals surface area (Å²) in [5, 5.41) is 0. The molecule has 0 radical (unpaired) electrons. The quantitative estimate of drug-likeness (QED) is 0.307. The van der Waals surface area contributed by atoms with Gasteiger partial charge in [-0.1, -0.05) is 30.3 Å². The summed E-state index contributed by atoms with van der Waals surface area (Å²) in [6, 6.07) is 4.75. The molecule has 16 heteroatoms. The van der Waals surface area contributed by atoms with Gasteiger partial charge in [-0.2, -0.15) is 52.7 Å². The van der Waals surface area contributed by atoms with Gasteiger partial charge >= 0.3 is 33.3 Å². The monoisotopic (exact) mass is 486 g/mol. The molecule has 0 saturated carbocycles. The Labute approximate surface area is 161 Å². The number of hydrogen-bond acceptors (Lipinski definition) is 3. The number of alkyl halides is 12. The maximum absolute atomic E-state index is 13.3. The van der Waals surface area contributed by atoms with Gasteiger partial charge in [-0.25, -0.2) is 0 Å². The van der Waals surface area contributed by atoms with Crippen LogP contribution in [0.2, 0.25) is 0 Å². The maximum atomic E-state index is 13.3. The van der Waals surface area contributed by atoms with Crippen LogP contribution in [0, 0.1) is 0 Å². The molecule has 3 unspecified atom stereocenters. The smallest absolute Gasteiger partial charge is 0.300 e. The minimum Gasteiger partial charge on any atom is -0.300 e. The molecule has 1 aromatic rings. The van der Waals surface area contributed by atoms with Crippen molar-refractivity contribution in [1.82, 2.24) is 0 Å². The van der Waals surface area contributed by atoms with Crippen molar-refractivity contribution in [3.8, 4) is 0 Å². The highest BCUT2D eigenvalue weighted by atomic mass is 31.2. The average molecular weight is 486 g/mol. The zero-order chi connectivity index (χ0) is 23.5. The van der Waals surface area contributed by atoms with Crippen LogP contribution in [0.25, 0.3) is 0 Å². The Morgan fingerprint density at radius 3 is 1.47 bits per heavy atom. The molecule has 0 fully saturated rings. The highest BCUT2D eigenvalue weighted by Crippen LogP contribution is 2.55. The molecule has 0 heterocycles. The van der Waals surface area contributed by atoms with Crippen LogP contribution in [0.1, 0.15) is 18.6 Å². The topological polar surface area (TPSA) is 27.7 Å². The molecule has 0 amide bonds. The summed E-state index contributed by atoms with van der Waals surface area (Å²) in [6.07, 6.45) is -34.3. The van der Waals surface area contributed by atoms with E-state index in [0.717, 1.165) is 24.3 Å². The van der Waals surface area contributed by atoms with E-state index in [0.29, 0.717) is 0 Å². The van der Waals surface area contributed by atoms with E-state index in [-0.39, 0.29) is 6.92 Å². The van der Waals surface area contributed by atoms with E-state index < -0.39 is 57.2 Å². The third-order valence-electron chi connectivity index (χ3n) is 3.08. The Balaban J connectivity index is 3.31. The molecule has 0 aromatic heterocycles. The van der Waals surface area contributed by atoms with Gasteiger partial charge in [-0.05, 0) is 12.5 Å². The van der Waals surface area contributed by atoms with Gasteiger partial charge in [0.1, 0.15) is 0 Å². The fraction of sp³-hybridized carbons (Fsp3) is 0.571. The molecule has 0 bridgehead atoms. The van der Waals surface area contributed by atoms with Crippen molar-refractivity contribution in [2.45, 2.75) is 49.9 Å². The second kappa shape index (κ2) is 9.45. The van der Waals surface area contributed by atoms with Crippen molar-refractivity contribution >= 4 is 8.60 Å². The first-order valence-corrected chi connectivity index (χ1v) is 8.55. The predicted octanol–water partition coefficient (Wildman–Crippen LogP) is 7.01. The van der Waals surface area contributed by atoms with E-state index in [1.165, 1.54) is 6.07 Å². The number of benzene rings is 1. The first-order chi connectivity index (χ1) is 13.3. The van der Waals surface area contributed by atoms with E-state index in [2.05, 4.69) is 13.6 Å². The molecule has 0 saturated heterocycles. The van der Waals surface area contributed by atoms with Gasteiger partial charge in [-0.3, -0.25) is 13.6 Å². The Morgan fingerprint density at radius 2 is 1.10 bits per heavy atom. The van der Waals surface area contributed by atoms with Crippen molar-refractivity contribution in [2.75, 3.05) is 0 Å². The summed E-state index contributed by atoms with van der Waals surface area (Å²) in [6.45, 7) is 0.142. The summed E-state index contributed by atoms with van der Waals surface area (Å²) >= 11 is 0. The largest absolute Gasteiger partial charge is 0.424 e. The third-order valence-corrected chi connectivity index (χ3v) is 4.34. The van der Waals surface area contributed by atoms with Crippen molar-refractivity contribution < 1.29 is 66.3 Å². The van der Waals surface area contributed by atoms with E-state index in [4.69, 9.17) is 0 Å². The van der Waals surface area contributed by atoms with Gasteiger partial charge in [0.25, 0.3) is 6.10 Å². The van der Waals surface area contributed by atoms with E-state index in [1.807, 2.05) is 0 Å². The lowest BCUT2D eigenvalue weighted by molar-refractivity contribution is -0.304. The highest BCUT2D eigenvalue weighted by Gasteiger charge is 2.60. The molecular weight excluding hydrogens is 475 g/mol. The molecule has 0 spiro atoms. The number of halogens is 12. The zero-order valence-electron chi connectivity index (χ0n) is 14.3. The van der Waals surface area contributed by atoms with Crippen molar-refractivity contribution in [3.63, 3.8) is 0 Å². The van der Waals surface area contributed by atoms with E-state index >= 15 is 0 Å². The van der Waals surface area contributed by atoms with Crippen LogP contribution in [0.3, 0.4) is 0 Å². The van der Waals surface area contributed by atoms with Crippen LogP contribution < -0.4 is 0 Å². The van der Waals surface area contributed by atoms with Crippen LogP contribution in [-0.2, 0) is 13.6 Å². The Morgan fingerprint density at radius 1 is 0.633 bits per heavy atom. The Kier molecular flexibility index (Phi) is 8.42. The molecule has 1 rings (SSSR count). The minimum absolute atomic E-state index is 0.142.